The summed E-state index contributed by atoms with van der Waals surface area (Å²) < 4.78 is 0. The van der Waals surface area contributed by atoms with Gasteiger partial charge in [0.2, 0.25) is 0 Å². The fourth-order valence-corrected chi connectivity index (χ4v) is 2.13. The highest BCUT2D eigenvalue weighted by molar-refractivity contribution is 5.96. The van der Waals surface area contributed by atoms with Gasteiger partial charge in [0.1, 0.15) is 0 Å². The van der Waals surface area contributed by atoms with Gasteiger partial charge < -0.3 is 16.0 Å². The van der Waals surface area contributed by atoms with Gasteiger partial charge >= 0.3 is 0 Å². The first-order valence-electron chi connectivity index (χ1n) is 7.43. The lowest BCUT2D eigenvalue weighted by Crippen LogP contribution is -2.35. The fourth-order valence-electron chi connectivity index (χ4n) is 2.13. The van der Waals surface area contributed by atoms with E-state index in [0.717, 1.165) is 30.8 Å². The van der Waals surface area contributed by atoms with Gasteiger partial charge in [-0.05, 0) is 37.7 Å². The van der Waals surface area contributed by atoms with Crippen LogP contribution in [0.15, 0.2) is 18.2 Å². The molecule has 0 heterocycles. The summed E-state index contributed by atoms with van der Waals surface area (Å²) in [5, 5.41) is 2.97. The Morgan fingerprint density at radius 3 is 2.67 bits per heavy atom. The molecule has 0 fully saturated rings. The molecule has 0 aromatic heterocycles. The van der Waals surface area contributed by atoms with Gasteiger partial charge in [-0.1, -0.05) is 31.8 Å². The van der Waals surface area contributed by atoms with Gasteiger partial charge in [0.05, 0.1) is 6.54 Å². The molecule has 4 heteroatoms. The zero-order chi connectivity index (χ0) is 15.7. The smallest absolute Gasteiger partial charge is 0.251 e. The van der Waals surface area contributed by atoms with Crippen LogP contribution in [0.2, 0.25) is 0 Å². The molecule has 0 spiro atoms. The summed E-state index contributed by atoms with van der Waals surface area (Å²) in [5.74, 6) is 5.78. The van der Waals surface area contributed by atoms with Crippen molar-refractivity contribution < 1.29 is 4.79 Å². The van der Waals surface area contributed by atoms with Gasteiger partial charge in [-0.15, -0.1) is 0 Å². The van der Waals surface area contributed by atoms with Crippen molar-refractivity contribution in [2.75, 3.05) is 32.7 Å². The minimum absolute atomic E-state index is 0.0453. The highest BCUT2D eigenvalue weighted by atomic mass is 16.1. The summed E-state index contributed by atoms with van der Waals surface area (Å²) in [6.07, 6.45) is 0. The van der Waals surface area contributed by atoms with Crippen molar-refractivity contribution in [2.45, 2.75) is 20.8 Å². The number of nitrogens with zero attached hydrogens (tertiary/aromatic N) is 1. The van der Waals surface area contributed by atoms with E-state index in [9.17, 15) is 4.79 Å². The van der Waals surface area contributed by atoms with Crippen LogP contribution < -0.4 is 11.1 Å². The van der Waals surface area contributed by atoms with E-state index in [0.29, 0.717) is 18.7 Å². The second-order valence-electron chi connectivity index (χ2n) is 4.77. The number of carbonyl (C=O) groups excluding carboxylic acids is 1. The van der Waals surface area contributed by atoms with Gasteiger partial charge in [-0.3, -0.25) is 4.79 Å². The predicted octanol–water partition coefficient (Wildman–Crippen LogP) is 1.38. The molecule has 1 rings (SSSR count). The summed E-state index contributed by atoms with van der Waals surface area (Å²) >= 11 is 0. The molecule has 4 nitrogen and oxygen atoms in total. The third-order valence-electron chi connectivity index (χ3n) is 3.51. The van der Waals surface area contributed by atoms with Gasteiger partial charge in [0, 0.05) is 24.2 Å². The number of carbonyl (C=O) groups is 1. The third kappa shape index (κ3) is 5.22. The lowest BCUT2D eigenvalue weighted by Gasteiger charge is -2.18. The number of hydrogen-bond donors (Lipinski definition) is 2. The first-order valence-corrected chi connectivity index (χ1v) is 7.43. The standard InChI is InChI=1S/C17H25N3O/c1-4-20(5-2)13-12-19-17(21)16-10-6-8-15(14(16)3)9-7-11-18/h6,8,10H,4-5,11-13,18H2,1-3H3,(H,19,21). The Hall–Kier alpha value is -1.83. The van der Waals surface area contributed by atoms with Crippen molar-refractivity contribution in [3.63, 3.8) is 0 Å². The normalized spacial score (nSPS) is 10.1. The molecule has 3 N–H and O–H groups in total. The number of hydrogen-bond acceptors (Lipinski definition) is 3. The molecule has 1 aromatic carbocycles. The molecule has 1 aromatic rings. The maximum absolute atomic E-state index is 12.2. The maximum Gasteiger partial charge on any atom is 0.251 e. The second-order valence-corrected chi connectivity index (χ2v) is 4.77. The Kier molecular flexibility index (Phi) is 7.52. The first-order chi connectivity index (χ1) is 10.1. The van der Waals surface area contributed by atoms with Crippen molar-refractivity contribution in [3.8, 4) is 11.8 Å². The van der Waals surface area contributed by atoms with Gasteiger partial charge in [-0.2, -0.15) is 0 Å². The summed E-state index contributed by atoms with van der Waals surface area (Å²) in [6.45, 7) is 9.98. The molecule has 0 aliphatic heterocycles. The average molecular weight is 287 g/mol. The van der Waals surface area contributed by atoms with E-state index in [4.69, 9.17) is 5.73 Å². The SMILES string of the molecule is CCN(CC)CCNC(=O)c1cccc(C#CCN)c1C. The van der Waals surface area contributed by atoms with E-state index in [-0.39, 0.29) is 5.91 Å². The van der Waals surface area contributed by atoms with Crippen molar-refractivity contribution in [3.05, 3.63) is 34.9 Å². The minimum atomic E-state index is -0.0453. The van der Waals surface area contributed by atoms with Crippen molar-refractivity contribution in [1.29, 1.82) is 0 Å². The lowest BCUT2D eigenvalue weighted by molar-refractivity contribution is 0.0948. The Bertz CT molecular complexity index is 525. The quantitative estimate of drug-likeness (QED) is 0.777. The Labute approximate surface area is 127 Å². The number of nitrogens with two attached hydrogens (primary N) is 1. The lowest BCUT2D eigenvalue weighted by atomic mass is 10.0. The van der Waals surface area contributed by atoms with Crippen LogP contribution in [0.25, 0.3) is 0 Å². The van der Waals surface area contributed by atoms with Crippen LogP contribution >= 0.6 is 0 Å². The Balaban J connectivity index is 2.70. The molecule has 0 bridgehead atoms. The van der Waals surface area contributed by atoms with Crippen LogP contribution in [-0.2, 0) is 0 Å². The minimum Gasteiger partial charge on any atom is -0.351 e. The summed E-state index contributed by atoms with van der Waals surface area (Å²) in [6, 6.07) is 5.59. The highest BCUT2D eigenvalue weighted by Crippen LogP contribution is 2.12. The Morgan fingerprint density at radius 1 is 1.33 bits per heavy atom. The molecule has 0 saturated carbocycles. The summed E-state index contributed by atoms with van der Waals surface area (Å²) in [4.78, 5) is 14.5. The number of amides is 1. The number of rotatable bonds is 6. The molecule has 114 valence electrons. The van der Waals surface area contributed by atoms with Crippen LogP contribution in [0.3, 0.4) is 0 Å². The number of likely N-dealkylation sites (N-methyl/N-ethyl adjacent to an activating group) is 1. The monoisotopic (exact) mass is 287 g/mol. The fraction of sp³-hybridized carbons (Fsp3) is 0.471. The molecular formula is C17H25N3O. The van der Waals surface area contributed by atoms with E-state index >= 15 is 0 Å². The van der Waals surface area contributed by atoms with Gasteiger partial charge in [0.25, 0.3) is 5.91 Å². The zero-order valence-electron chi connectivity index (χ0n) is 13.2. The largest absolute Gasteiger partial charge is 0.351 e. The third-order valence-corrected chi connectivity index (χ3v) is 3.51. The highest BCUT2D eigenvalue weighted by Gasteiger charge is 2.10. The van der Waals surface area contributed by atoms with E-state index in [2.05, 4.69) is 35.9 Å². The van der Waals surface area contributed by atoms with Gasteiger partial charge in [-0.25, -0.2) is 0 Å². The molecular weight excluding hydrogens is 262 g/mol. The summed E-state index contributed by atoms with van der Waals surface area (Å²) in [7, 11) is 0. The number of benzene rings is 1. The number of nitrogens with one attached hydrogen (secondary N) is 1. The van der Waals surface area contributed by atoms with Crippen LogP contribution in [0.1, 0.15) is 35.3 Å². The molecule has 21 heavy (non-hydrogen) atoms. The average Bonchev–Trinajstić information content (AvgIpc) is 2.50. The topological polar surface area (TPSA) is 58.4 Å². The van der Waals surface area contributed by atoms with E-state index in [1.165, 1.54) is 0 Å². The molecule has 0 saturated heterocycles. The zero-order valence-corrected chi connectivity index (χ0v) is 13.2. The Morgan fingerprint density at radius 2 is 2.05 bits per heavy atom. The van der Waals surface area contributed by atoms with Crippen molar-refractivity contribution in [1.82, 2.24) is 10.2 Å². The molecule has 0 radical (unpaired) electrons. The molecule has 0 aliphatic rings. The summed E-state index contributed by atoms with van der Waals surface area (Å²) in [5.41, 5.74) is 7.83. The maximum atomic E-state index is 12.2. The predicted molar refractivity (Wildman–Crippen MR) is 87.2 cm³/mol. The van der Waals surface area contributed by atoms with Crippen molar-refractivity contribution >= 4 is 5.91 Å². The van der Waals surface area contributed by atoms with Crippen molar-refractivity contribution in [2.24, 2.45) is 5.73 Å². The van der Waals surface area contributed by atoms with Crippen LogP contribution in [0.5, 0.6) is 0 Å². The second kappa shape index (κ2) is 9.17. The van der Waals surface area contributed by atoms with E-state index < -0.39 is 0 Å². The van der Waals surface area contributed by atoms with E-state index in [1.807, 2.05) is 25.1 Å². The van der Waals surface area contributed by atoms with Gasteiger partial charge in [0.15, 0.2) is 0 Å². The molecule has 0 atom stereocenters. The molecule has 1 amide bonds. The van der Waals surface area contributed by atoms with Crippen LogP contribution in [0.4, 0.5) is 0 Å². The van der Waals surface area contributed by atoms with Crippen LogP contribution in [0, 0.1) is 18.8 Å². The first kappa shape index (κ1) is 17.2. The molecule has 0 unspecified atom stereocenters. The van der Waals surface area contributed by atoms with Crippen LogP contribution in [-0.4, -0.2) is 43.5 Å². The molecule has 0 aliphatic carbocycles. The van der Waals surface area contributed by atoms with E-state index in [1.54, 1.807) is 0 Å².